The number of thioether (sulfide) groups is 2. The predicted octanol–water partition coefficient (Wildman–Crippen LogP) is 4.36. The number of amides is 1. The van der Waals surface area contributed by atoms with Gasteiger partial charge in [0.1, 0.15) is 4.32 Å². The highest BCUT2D eigenvalue weighted by Gasteiger charge is 2.32. The van der Waals surface area contributed by atoms with Gasteiger partial charge < -0.3 is 5.11 Å². The molecule has 1 aliphatic heterocycles. The van der Waals surface area contributed by atoms with Gasteiger partial charge in [-0.2, -0.15) is 13.2 Å². The van der Waals surface area contributed by atoms with Crippen molar-refractivity contribution in [3.8, 4) is 0 Å². The molecule has 1 saturated heterocycles. The minimum Gasteiger partial charge on any atom is -0.481 e. The van der Waals surface area contributed by atoms with Crippen molar-refractivity contribution in [2.45, 2.75) is 23.2 Å². The second-order valence-electron chi connectivity index (χ2n) is 4.95. The lowest BCUT2D eigenvalue weighted by Gasteiger charge is -2.13. The van der Waals surface area contributed by atoms with E-state index in [1.807, 2.05) is 0 Å². The van der Waals surface area contributed by atoms with Gasteiger partial charge in [0.15, 0.2) is 0 Å². The van der Waals surface area contributed by atoms with Crippen LogP contribution in [-0.2, 0) is 9.59 Å². The smallest absolute Gasteiger partial charge is 0.446 e. The molecule has 0 unspecified atom stereocenters. The number of carboxylic acids is 1. The Balaban J connectivity index is 2.04. The summed E-state index contributed by atoms with van der Waals surface area (Å²) >= 11 is 6.00. The van der Waals surface area contributed by atoms with Gasteiger partial charge in [0.25, 0.3) is 5.91 Å². The summed E-state index contributed by atoms with van der Waals surface area (Å²) in [5.74, 6) is -1.27. The number of halogens is 3. The maximum absolute atomic E-state index is 12.3. The van der Waals surface area contributed by atoms with E-state index in [9.17, 15) is 22.8 Å². The summed E-state index contributed by atoms with van der Waals surface area (Å²) < 4.78 is 37.3. The first kappa shape index (κ1) is 19.8. The Hall–Kier alpha value is -1.52. The molecule has 134 valence electrons. The van der Waals surface area contributed by atoms with Crippen molar-refractivity contribution in [2.24, 2.45) is 0 Å². The zero-order valence-electron chi connectivity index (χ0n) is 12.6. The first-order chi connectivity index (χ1) is 11.7. The van der Waals surface area contributed by atoms with Crippen LogP contribution in [0.15, 0.2) is 34.1 Å². The summed E-state index contributed by atoms with van der Waals surface area (Å²) in [5, 5.41) is 8.63. The third-order valence-electron chi connectivity index (χ3n) is 3.06. The Morgan fingerprint density at radius 3 is 2.52 bits per heavy atom. The monoisotopic (exact) mass is 407 g/mol. The lowest BCUT2D eigenvalue weighted by Crippen LogP contribution is -2.29. The molecule has 0 bridgehead atoms. The predicted molar refractivity (Wildman–Crippen MR) is 95.1 cm³/mol. The van der Waals surface area contributed by atoms with Crippen LogP contribution in [0.5, 0.6) is 0 Å². The summed E-state index contributed by atoms with van der Waals surface area (Å²) in [6.45, 7) is 0.218. The summed E-state index contributed by atoms with van der Waals surface area (Å²) in [6.07, 6.45) is 1.78. The van der Waals surface area contributed by atoms with Crippen molar-refractivity contribution in [3.63, 3.8) is 0 Å². The van der Waals surface area contributed by atoms with E-state index >= 15 is 0 Å². The lowest BCUT2D eigenvalue weighted by molar-refractivity contribution is -0.137. The summed E-state index contributed by atoms with van der Waals surface area (Å²) in [5.41, 5.74) is -3.77. The van der Waals surface area contributed by atoms with Gasteiger partial charge in [-0.25, -0.2) is 0 Å². The number of hydrogen-bond donors (Lipinski definition) is 1. The standard InChI is InChI=1S/C15H12F3NO3S3/c16-15(17,18)25-10-5-3-9(4-6-10)8-11-13(22)19(14(23)24-11)7-1-2-12(20)21/h3-6,8H,1-2,7H2,(H,20,21). The number of benzene rings is 1. The Bertz CT molecular complexity index is 717. The van der Waals surface area contributed by atoms with E-state index in [-0.39, 0.29) is 35.5 Å². The largest absolute Gasteiger partial charge is 0.481 e. The van der Waals surface area contributed by atoms with Crippen LogP contribution in [0.1, 0.15) is 18.4 Å². The number of carbonyl (C=O) groups is 2. The van der Waals surface area contributed by atoms with Crippen LogP contribution in [0, 0.1) is 0 Å². The molecule has 4 nitrogen and oxygen atoms in total. The van der Waals surface area contributed by atoms with Crippen LogP contribution in [0.3, 0.4) is 0 Å². The molecule has 0 radical (unpaired) electrons. The highest BCUT2D eigenvalue weighted by molar-refractivity contribution is 8.26. The fourth-order valence-electron chi connectivity index (χ4n) is 2.00. The molecule has 1 aromatic carbocycles. The third kappa shape index (κ3) is 6.05. The second kappa shape index (κ2) is 8.24. The highest BCUT2D eigenvalue weighted by Crippen LogP contribution is 2.37. The number of aliphatic carboxylic acids is 1. The zero-order valence-corrected chi connectivity index (χ0v) is 15.0. The molecule has 1 heterocycles. The topological polar surface area (TPSA) is 57.6 Å². The van der Waals surface area contributed by atoms with Crippen LogP contribution in [-0.4, -0.2) is 38.3 Å². The molecule has 1 aromatic rings. The Morgan fingerprint density at radius 1 is 1.32 bits per heavy atom. The first-order valence-corrected chi connectivity index (χ1v) is 9.03. The lowest BCUT2D eigenvalue weighted by atomic mass is 10.2. The van der Waals surface area contributed by atoms with Gasteiger partial charge in [0, 0.05) is 17.9 Å². The molecular weight excluding hydrogens is 395 g/mol. The van der Waals surface area contributed by atoms with Crippen molar-refractivity contribution in [3.05, 3.63) is 34.7 Å². The van der Waals surface area contributed by atoms with Crippen LogP contribution in [0.4, 0.5) is 13.2 Å². The van der Waals surface area contributed by atoms with Gasteiger partial charge in [-0.3, -0.25) is 14.5 Å². The van der Waals surface area contributed by atoms with Crippen molar-refractivity contribution in [2.75, 3.05) is 6.54 Å². The SMILES string of the molecule is O=C(O)CCCN1C(=O)C(=Cc2ccc(SC(F)(F)F)cc2)SC1=S. The molecule has 0 spiro atoms. The van der Waals surface area contributed by atoms with E-state index in [1.54, 1.807) is 6.08 Å². The fourth-order valence-corrected chi connectivity index (χ4v) is 3.85. The van der Waals surface area contributed by atoms with Gasteiger partial charge in [0.2, 0.25) is 0 Å². The van der Waals surface area contributed by atoms with E-state index in [1.165, 1.54) is 29.2 Å². The molecule has 0 atom stereocenters. The molecule has 1 amide bonds. The number of carbonyl (C=O) groups excluding carboxylic acids is 1. The first-order valence-electron chi connectivity index (χ1n) is 6.99. The fraction of sp³-hybridized carbons (Fsp3) is 0.267. The van der Waals surface area contributed by atoms with E-state index in [4.69, 9.17) is 17.3 Å². The van der Waals surface area contributed by atoms with Crippen LogP contribution in [0.25, 0.3) is 6.08 Å². The Labute approximate surface area is 155 Å². The van der Waals surface area contributed by atoms with Crippen LogP contribution in [0.2, 0.25) is 0 Å². The van der Waals surface area contributed by atoms with Gasteiger partial charge in [-0.1, -0.05) is 36.1 Å². The maximum atomic E-state index is 12.3. The number of nitrogens with zero attached hydrogens (tertiary/aromatic N) is 1. The molecule has 1 aliphatic rings. The third-order valence-corrected chi connectivity index (χ3v) is 5.17. The summed E-state index contributed by atoms with van der Waals surface area (Å²) in [7, 11) is 0. The molecule has 2 rings (SSSR count). The van der Waals surface area contributed by atoms with Gasteiger partial charge in [-0.15, -0.1) is 0 Å². The van der Waals surface area contributed by atoms with E-state index in [2.05, 4.69) is 0 Å². The Morgan fingerprint density at radius 2 is 1.96 bits per heavy atom. The minimum absolute atomic E-state index is 0.0610. The minimum atomic E-state index is -4.35. The molecule has 10 heteroatoms. The number of rotatable bonds is 6. The van der Waals surface area contributed by atoms with E-state index in [0.29, 0.717) is 21.2 Å². The molecule has 0 aromatic heterocycles. The second-order valence-corrected chi connectivity index (χ2v) is 7.76. The van der Waals surface area contributed by atoms with Gasteiger partial charge >= 0.3 is 11.5 Å². The summed E-state index contributed by atoms with van der Waals surface area (Å²) in [6, 6.07) is 5.64. The van der Waals surface area contributed by atoms with Crippen molar-refractivity contribution in [1.29, 1.82) is 0 Å². The zero-order chi connectivity index (χ0) is 18.6. The number of carboxylic acid groups (broad SMARTS) is 1. The van der Waals surface area contributed by atoms with E-state index in [0.717, 1.165) is 11.8 Å². The number of thiocarbonyl (C=S) groups is 1. The van der Waals surface area contributed by atoms with Crippen molar-refractivity contribution >= 4 is 58.0 Å². The molecule has 25 heavy (non-hydrogen) atoms. The average Bonchev–Trinajstić information content (AvgIpc) is 2.75. The normalized spacial score (nSPS) is 16.8. The maximum Gasteiger partial charge on any atom is 0.446 e. The molecule has 1 fully saturated rings. The van der Waals surface area contributed by atoms with Gasteiger partial charge in [-0.05, 0) is 42.0 Å². The molecular formula is C15H12F3NO3S3. The average molecular weight is 407 g/mol. The number of alkyl halides is 3. The number of hydrogen-bond acceptors (Lipinski definition) is 5. The quantitative estimate of drug-likeness (QED) is 0.430. The van der Waals surface area contributed by atoms with Crippen molar-refractivity contribution in [1.82, 2.24) is 4.90 Å². The highest BCUT2D eigenvalue weighted by atomic mass is 32.2. The molecule has 0 aliphatic carbocycles. The van der Waals surface area contributed by atoms with Gasteiger partial charge in [0.05, 0.1) is 4.91 Å². The molecule has 0 saturated carbocycles. The van der Waals surface area contributed by atoms with Crippen LogP contribution >= 0.6 is 35.7 Å². The van der Waals surface area contributed by atoms with Crippen LogP contribution < -0.4 is 0 Å². The summed E-state index contributed by atoms with van der Waals surface area (Å²) in [4.78, 5) is 24.6. The molecule has 1 N–H and O–H groups in total. The van der Waals surface area contributed by atoms with E-state index < -0.39 is 11.5 Å². The Kier molecular flexibility index (Phi) is 6.53. The van der Waals surface area contributed by atoms with Crippen molar-refractivity contribution < 1.29 is 27.9 Å².